The van der Waals surface area contributed by atoms with Crippen LogP contribution in [0, 0.1) is 0 Å². The van der Waals surface area contributed by atoms with Gasteiger partial charge >= 0.3 is 6.01 Å². The van der Waals surface area contributed by atoms with Gasteiger partial charge in [-0.2, -0.15) is 4.98 Å². The highest BCUT2D eigenvalue weighted by Crippen LogP contribution is 2.30. The minimum absolute atomic E-state index is 0.238. The van der Waals surface area contributed by atoms with Crippen molar-refractivity contribution in [2.24, 2.45) is 0 Å². The lowest BCUT2D eigenvalue weighted by molar-refractivity contribution is 0.0364. The van der Waals surface area contributed by atoms with E-state index in [-0.39, 0.29) is 6.01 Å². The third-order valence-electron chi connectivity index (χ3n) is 5.19. The Kier molecular flexibility index (Phi) is 8.88. The van der Waals surface area contributed by atoms with Gasteiger partial charge in [-0.25, -0.2) is 9.97 Å². The molecule has 9 heteroatoms. The summed E-state index contributed by atoms with van der Waals surface area (Å²) in [4.78, 5) is 17.9. The highest BCUT2D eigenvalue weighted by atomic mass is 16.5. The van der Waals surface area contributed by atoms with Crippen LogP contribution in [0.5, 0.6) is 11.9 Å². The Morgan fingerprint density at radius 3 is 2.23 bits per heavy atom. The summed E-state index contributed by atoms with van der Waals surface area (Å²) in [6, 6.07) is 16.0. The molecule has 0 aliphatic heterocycles. The van der Waals surface area contributed by atoms with Gasteiger partial charge in [-0.3, -0.25) is 4.98 Å². The normalized spacial score (nSPS) is 11.0. The molecule has 0 atom stereocenters. The number of fused-ring (bicyclic) bond motifs is 1. The van der Waals surface area contributed by atoms with Crippen LogP contribution in [-0.4, -0.2) is 73.7 Å². The Labute approximate surface area is 204 Å². The van der Waals surface area contributed by atoms with E-state index in [9.17, 15) is 0 Å². The number of nitrogens with zero attached hydrogens (tertiary/aromatic N) is 4. The number of nitrogens with one attached hydrogen (secondary N) is 1. The Morgan fingerprint density at radius 1 is 0.743 bits per heavy atom. The predicted octanol–water partition coefficient (Wildman–Crippen LogP) is 3.39. The van der Waals surface area contributed by atoms with Crippen LogP contribution in [0.1, 0.15) is 0 Å². The van der Waals surface area contributed by atoms with E-state index in [4.69, 9.17) is 23.9 Å². The minimum Gasteiger partial charge on any atom is -0.480 e. The topological polar surface area (TPSA) is 101 Å². The Balaban J connectivity index is 1.34. The predicted molar refractivity (Wildman–Crippen MR) is 134 cm³/mol. The molecule has 2 aromatic heterocycles. The lowest BCUT2D eigenvalue weighted by Crippen LogP contribution is -2.17. The van der Waals surface area contributed by atoms with Crippen LogP contribution in [0.15, 0.2) is 60.9 Å². The second-order valence-electron chi connectivity index (χ2n) is 7.57. The molecule has 1 N–H and O–H groups in total. The first-order valence-corrected chi connectivity index (χ1v) is 11.4. The van der Waals surface area contributed by atoms with E-state index >= 15 is 0 Å². The number of hydrogen-bond acceptors (Lipinski definition) is 9. The third kappa shape index (κ3) is 6.69. The van der Waals surface area contributed by atoms with E-state index < -0.39 is 0 Å². The number of benzene rings is 2. The molecular weight excluding hydrogens is 446 g/mol. The maximum absolute atomic E-state index is 5.60. The molecule has 0 bridgehead atoms. The van der Waals surface area contributed by atoms with E-state index in [0.29, 0.717) is 38.9 Å². The molecule has 0 radical (unpaired) electrons. The van der Waals surface area contributed by atoms with E-state index in [1.807, 2.05) is 55.6 Å². The number of para-hydroxylation sites is 2. The molecule has 2 aromatic carbocycles. The number of aromatic nitrogens is 4. The fourth-order valence-corrected chi connectivity index (χ4v) is 3.38. The Bertz CT molecular complexity index is 1220. The second-order valence-corrected chi connectivity index (χ2v) is 7.57. The first-order chi connectivity index (χ1) is 17.3. The summed E-state index contributed by atoms with van der Waals surface area (Å²) in [5, 5.41) is 3.02. The van der Waals surface area contributed by atoms with Gasteiger partial charge in [-0.1, -0.05) is 36.4 Å². The molecule has 0 spiro atoms. The first-order valence-electron chi connectivity index (χ1n) is 11.4. The maximum atomic E-state index is 5.60. The fraction of sp³-hybridized carbons (Fsp3) is 0.308. The van der Waals surface area contributed by atoms with Gasteiger partial charge in [-0.15, -0.1) is 0 Å². The maximum Gasteiger partial charge on any atom is 0.319 e. The number of ether oxygens (including phenoxy) is 4. The smallest absolute Gasteiger partial charge is 0.319 e. The van der Waals surface area contributed by atoms with Crippen LogP contribution in [0.2, 0.25) is 0 Å². The number of methoxy groups -OCH3 is 1. The van der Waals surface area contributed by atoms with Gasteiger partial charge in [0.15, 0.2) is 0 Å². The highest BCUT2D eigenvalue weighted by Gasteiger charge is 2.12. The minimum atomic E-state index is 0.238. The van der Waals surface area contributed by atoms with E-state index in [0.717, 1.165) is 40.0 Å². The van der Waals surface area contributed by atoms with Gasteiger partial charge in [0.2, 0.25) is 5.88 Å². The van der Waals surface area contributed by atoms with E-state index in [1.54, 1.807) is 19.5 Å². The third-order valence-corrected chi connectivity index (χ3v) is 5.19. The molecule has 0 saturated heterocycles. The molecule has 35 heavy (non-hydrogen) atoms. The molecule has 182 valence electrons. The lowest BCUT2D eigenvalue weighted by atomic mass is 10.0. The Hall–Kier alpha value is -3.66. The molecule has 0 unspecified atom stereocenters. The molecule has 0 aliphatic rings. The average molecular weight is 476 g/mol. The van der Waals surface area contributed by atoms with Crippen molar-refractivity contribution in [3.8, 4) is 34.3 Å². The van der Waals surface area contributed by atoms with Crippen LogP contribution >= 0.6 is 0 Å². The quantitative estimate of drug-likeness (QED) is 0.292. The number of hydrogen-bond donors (Lipinski definition) is 1. The molecule has 9 nitrogen and oxygen atoms in total. The molecule has 4 rings (SSSR count). The van der Waals surface area contributed by atoms with Gasteiger partial charge in [0.25, 0.3) is 0 Å². The van der Waals surface area contributed by atoms with Crippen molar-refractivity contribution in [1.82, 2.24) is 25.3 Å². The van der Waals surface area contributed by atoms with Crippen LogP contribution < -0.4 is 14.8 Å². The number of likely N-dealkylation sites (N-methyl/N-ethyl adjacent to an activating group) is 1. The van der Waals surface area contributed by atoms with Crippen LogP contribution in [0.25, 0.3) is 33.4 Å². The summed E-state index contributed by atoms with van der Waals surface area (Å²) in [7, 11) is 3.46. The summed E-state index contributed by atoms with van der Waals surface area (Å²) in [5.41, 5.74) is 5.22. The van der Waals surface area contributed by atoms with Crippen LogP contribution in [0.4, 0.5) is 0 Å². The first kappa shape index (κ1) is 24.5. The summed E-state index contributed by atoms with van der Waals surface area (Å²) in [6.45, 7) is 3.30. The van der Waals surface area contributed by atoms with Crippen LogP contribution in [0.3, 0.4) is 0 Å². The molecule has 0 saturated carbocycles. The zero-order valence-electron chi connectivity index (χ0n) is 19.9. The van der Waals surface area contributed by atoms with Crippen molar-refractivity contribution < 1.29 is 18.9 Å². The van der Waals surface area contributed by atoms with Crippen molar-refractivity contribution >= 4 is 11.0 Å². The Morgan fingerprint density at radius 2 is 1.46 bits per heavy atom. The van der Waals surface area contributed by atoms with Crippen molar-refractivity contribution in [1.29, 1.82) is 0 Å². The summed E-state index contributed by atoms with van der Waals surface area (Å²) < 4.78 is 22.0. The summed E-state index contributed by atoms with van der Waals surface area (Å²) in [5.74, 6) is 0.437. The van der Waals surface area contributed by atoms with Gasteiger partial charge in [0, 0.05) is 18.3 Å². The molecule has 0 fully saturated rings. The van der Waals surface area contributed by atoms with Crippen molar-refractivity contribution in [2.75, 3.05) is 53.7 Å². The van der Waals surface area contributed by atoms with Gasteiger partial charge in [0.05, 0.1) is 62.0 Å². The standard InChI is InChI=1S/C26H29N5O4/c1-27-11-12-33-13-14-34-15-16-35-26-29-17-21(25(31-26)32-2)19-7-9-20(10-8-19)24-18-28-22-5-3-4-6-23(22)30-24/h3-10,17-18,27H,11-16H2,1-2H3. The highest BCUT2D eigenvalue weighted by molar-refractivity contribution is 5.77. The zero-order valence-corrected chi connectivity index (χ0v) is 19.9. The second kappa shape index (κ2) is 12.7. The summed E-state index contributed by atoms with van der Waals surface area (Å²) >= 11 is 0. The molecular formula is C26H29N5O4. The largest absolute Gasteiger partial charge is 0.480 e. The lowest BCUT2D eigenvalue weighted by Gasteiger charge is -2.11. The van der Waals surface area contributed by atoms with Crippen LogP contribution in [-0.2, 0) is 9.47 Å². The van der Waals surface area contributed by atoms with Crippen molar-refractivity contribution in [3.05, 3.63) is 60.9 Å². The molecule has 0 aliphatic carbocycles. The fourth-order valence-electron chi connectivity index (χ4n) is 3.38. The summed E-state index contributed by atoms with van der Waals surface area (Å²) in [6.07, 6.45) is 3.48. The van der Waals surface area contributed by atoms with E-state index in [2.05, 4.69) is 20.3 Å². The van der Waals surface area contributed by atoms with Gasteiger partial charge in [-0.05, 0) is 24.7 Å². The molecule has 4 aromatic rings. The number of rotatable bonds is 13. The van der Waals surface area contributed by atoms with Gasteiger partial charge in [0.1, 0.15) is 6.61 Å². The van der Waals surface area contributed by atoms with Gasteiger partial charge < -0.3 is 24.3 Å². The molecule has 2 heterocycles. The van der Waals surface area contributed by atoms with Crippen molar-refractivity contribution in [3.63, 3.8) is 0 Å². The van der Waals surface area contributed by atoms with Crippen molar-refractivity contribution in [2.45, 2.75) is 0 Å². The monoisotopic (exact) mass is 475 g/mol. The molecule has 0 amide bonds. The van der Waals surface area contributed by atoms with E-state index in [1.165, 1.54) is 0 Å². The SMILES string of the molecule is CNCCOCCOCCOc1ncc(-c2ccc(-c3cnc4ccccc4n3)cc2)c(OC)n1. The zero-order chi connectivity index (χ0) is 24.3. The average Bonchev–Trinajstić information content (AvgIpc) is 2.92.